The quantitative estimate of drug-likeness (QED) is 0.565. The Kier molecular flexibility index (Phi) is 4.07. The van der Waals surface area contributed by atoms with Crippen molar-refractivity contribution in [2.45, 2.75) is 18.6 Å². The molecule has 0 aromatic heterocycles. The molecule has 17 heavy (non-hydrogen) atoms. The van der Waals surface area contributed by atoms with Crippen molar-refractivity contribution in [2.75, 3.05) is 19.4 Å². The van der Waals surface area contributed by atoms with Gasteiger partial charge in [-0.3, -0.25) is 9.59 Å². The molecule has 1 fully saturated rings. The summed E-state index contributed by atoms with van der Waals surface area (Å²) in [5.74, 6) is -3.26. The number of aliphatic hydroxyl groups is 1. The van der Waals surface area contributed by atoms with Crippen molar-refractivity contribution >= 4 is 22.0 Å². The van der Waals surface area contributed by atoms with Gasteiger partial charge >= 0.3 is 11.9 Å². The molecule has 0 saturated carbocycles. The predicted octanol–water partition coefficient (Wildman–Crippen LogP) is -1.99. The molecule has 2 atom stereocenters. The third-order valence-electron chi connectivity index (χ3n) is 2.40. The van der Waals surface area contributed by atoms with Crippen LogP contribution in [0.25, 0.3) is 0 Å². The van der Waals surface area contributed by atoms with E-state index in [2.05, 4.69) is 4.74 Å². The second-order valence-corrected chi connectivity index (χ2v) is 5.57. The fourth-order valence-corrected chi connectivity index (χ4v) is 3.15. The van der Waals surface area contributed by atoms with Crippen molar-refractivity contribution in [2.24, 2.45) is 0 Å². The lowest BCUT2D eigenvalue weighted by Gasteiger charge is -2.19. The molecular weight excluding hydrogens is 254 g/mol. The molecule has 0 bridgehead atoms. The maximum atomic E-state index is 11.7. The number of carbonyl (C=O) groups is 2. The first kappa shape index (κ1) is 13.9. The second-order valence-electron chi connectivity index (χ2n) is 3.65. The highest BCUT2D eigenvalue weighted by Gasteiger charge is 2.43. The molecule has 0 aromatic carbocycles. The van der Waals surface area contributed by atoms with Crippen molar-refractivity contribution in [3.05, 3.63) is 0 Å². The molecule has 0 aliphatic carbocycles. The van der Waals surface area contributed by atoms with Gasteiger partial charge in [0.05, 0.1) is 13.2 Å². The van der Waals surface area contributed by atoms with Crippen LogP contribution in [0.5, 0.6) is 0 Å². The first-order valence-corrected chi connectivity index (χ1v) is 6.36. The number of aliphatic carboxylic acids is 1. The van der Waals surface area contributed by atoms with Gasteiger partial charge in [-0.15, -0.1) is 0 Å². The number of carboxylic acid groups (broad SMARTS) is 1. The number of nitrogens with zero attached hydrogens (tertiary/aromatic N) is 1. The number of hydrogen-bond acceptors (Lipinski definition) is 6. The lowest BCUT2D eigenvalue weighted by Crippen LogP contribution is -2.43. The molecule has 98 valence electrons. The topological polar surface area (TPSA) is 121 Å². The molecule has 1 heterocycles. The van der Waals surface area contributed by atoms with Gasteiger partial charge in [-0.25, -0.2) is 8.42 Å². The minimum absolute atomic E-state index is 0.185. The van der Waals surface area contributed by atoms with Gasteiger partial charge in [-0.05, 0) is 0 Å². The Morgan fingerprint density at radius 3 is 2.53 bits per heavy atom. The fraction of sp³-hybridized carbons (Fsp3) is 0.750. The van der Waals surface area contributed by atoms with Crippen molar-refractivity contribution in [3.8, 4) is 0 Å². The van der Waals surface area contributed by atoms with E-state index in [0.717, 1.165) is 7.11 Å². The van der Waals surface area contributed by atoms with E-state index in [1.165, 1.54) is 0 Å². The third-order valence-corrected chi connectivity index (χ3v) is 4.12. The van der Waals surface area contributed by atoms with Crippen LogP contribution in [0.3, 0.4) is 0 Å². The molecule has 0 amide bonds. The Hall–Kier alpha value is -1.19. The van der Waals surface area contributed by atoms with Crippen LogP contribution in [-0.2, 0) is 24.3 Å². The minimum Gasteiger partial charge on any atom is -0.480 e. The monoisotopic (exact) mass is 267 g/mol. The molecule has 0 aromatic rings. The third kappa shape index (κ3) is 3.14. The van der Waals surface area contributed by atoms with Crippen molar-refractivity contribution in [1.29, 1.82) is 0 Å². The van der Waals surface area contributed by atoms with E-state index in [0.29, 0.717) is 4.31 Å². The van der Waals surface area contributed by atoms with Crippen LogP contribution in [0, 0.1) is 0 Å². The van der Waals surface area contributed by atoms with Crippen LogP contribution in [-0.4, -0.2) is 66.4 Å². The van der Waals surface area contributed by atoms with Crippen molar-refractivity contribution < 1.29 is 33.0 Å². The van der Waals surface area contributed by atoms with Gasteiger partial charge in [0.25, 0.3) is 0 Å². The summed E-state index contributed by atoms with van der Waals surface area (Å²) in [7, 11) is -3.05. The first-order chi connectivity index (χ1) is 7.77. The molecule has 0 unspecified atom stereocenters. The summed E-state index contributed by atoms with van der Waals surface area (Å²) in [4.78, 5) is 21.7. The molecule has 2 N–H and O–H groups in total. The van der Waals surface area contributed by atoms with E-state index in [4.69, 9.17) is 5.11 Å². The second kappa shape index (κ2) is 4.98. The SMILES string of the molecule is COC(=O)CS(=O)(=O)N1C[C@H](O)C[C@H]1C(=O)O. The lowest BCUT2D eigenvalue weighted by atomic mass is 10.2. The van der Waals surface area contributed by atoms with E-state index in [1.54, 1.807) is 0 Å². The van der Waals surface area contributed by atoms with E-state index in [-0.39, 0.29) is 13.0 Å². The molecule has 1 aliphatic heterocycles. The van der Waals surface area contributed by atoms with Crippen LogP contribution in [0.1, 0.15) is 6.42 Å². The van der Waals surface area contributed by atoms with E-state index < -0.39 is 39.9 Å². The maximum absolute atomic E-state index is 11.7. The first-order valence-electron chi connectivity index (χ1n) is 4.75. The largest absolute Gasteiger partial charge is 0.480 e. The zero-order valence-corrected chi connectivity index (χ0v) is 9.88. The zero-order chi connectivity index (χ0) is 13.2. The average Bonchev–Trinajstić information content (AvgIpc) is 2.60. The van der Waals surface area contributed by atoms with Gasteiger partial charge in [-0.1, -0.05) is 0 Å². The van der Waals surface area contributed by atoms with Crippen LogP contribution >= 0.6 is 0 Å². The highest BCUT2D eigenvalue weighted by atomic mass is 32.2. The molecule has 8 nitrogen and oxygen atoms in total. The fourth-order valence-electron chi connectivity index (χ4n) is 1.61. The van der Waals surface area contributed by atoms with Gasteiger partial charge in [0, 0.05) is 13.0 Å². The Labute approximate surface area is 97.8 Å². The number of carbonyl (C=O) groups excluding carboxylic acids is 1. The summed E-state index contributed by atoms with van der Waals surface area (Å²) in [5, 5.41) is 18.1. The van der Waals surface area contributed by atoms with Crippen LogP contribution < -0.4 is 0 Å². The minimum atomic E-state index is -4.08. The molecule has 0 spiro atoms. The van der Waals surface area contributed by atoms with Crippen LogP contribution in [0.2, 0.25) is 0 Å². The summed E-state index contributed by atoms with van der Waals surface area (Å²) >= 11 is 0. The standard InChI is InChI=1S/C8H13NO7S/c1-16-7(11)4-17(14,15)9-3-5(10)2-6(9)8(12)13/h5-6,10H,2-4H2,1H3,(H,12,13)/t5-,6+/m1/s1. The van der Waals surface area contributed by atoms with E-state index in [9.17, 15) is 23.1 Å². The number of hydrogen-bond donors (Lipinski definition) is 2. The predicted molar refractivity (Wildman–Crippen MR) is 54.6 cm³/mol. The highest BCUT2D eigenvalue weighted by molar-refractivity contribution is 7.89. The van der Waals surface area contributed by atoms with E-state index in [1.807, 2.05) is 0 Å². The summed E-state index contributed by atoms with van der Waals surface area (Å²) in [6.07, 6.45) is -1.22. The maximum Gasteiger partial charge on any atom is 0.322 e. The number of sulfonamides is 1. The molecular formula is C8H13NO7S. The lowest BCUT2D eigenvalue weighted by molar-refractivity contribution is -0.141. The summed E-state index contributed by atoms with van der Waals surface area (Å²) in [6.45, 7) is -0.323. The van der Waals surface area contributed by atoms with Gasteiger partial charge in [0.1, 0.15) is 6.04 Å². The highest BCUT2D eigenvalue weighted by Crippen LogP contribution is 2.22. The number of β-amino-alcohol motifs (C(OH)–C–C–N with tert-alkyl or cyclic N) is 1. The Balaban J connectivity index is 2.90. The van der Waals surface area contributed by atoms with Gasteiger partial charge in [0.2, 0.25) is 10.0 Å². The number of carboxylic acids is 1. The van der Waals surface area contributed by atoms with Crippen LogP contribution in [0.15, 0.2) is 0 Å². The van der Waals surface area contributed by atoms with Crippen molar-refractivity contribution in [1.82, 2.24) is 4.31 Å². The zero-order valence-electron chi connectivity index (χ0n) is 9.07. The number of ether oxygens (including phenoxy) is 1. The molecule has 0 radical (unpaired) electrons. The molecule has 1 aliphatic rings. The Morgan fingerprint density at radius 2 is 2.06 bits per heavy atom. The summed E-state index contributed by atoms with van der Waals surface area (Å²) in [6, 6.07) is -1.33. The smallest absolute Gasteiger partial charge is 0.322 e. The number of methoxy groups -OCH3 is 1. The summed E-state index contributed by atoms with van der Waals surface area (Å²) < 4.78 is 28.3. The molecule has 1 saturated heterocycles. The normalized spacial score (nSPS) is 25.8. The number of aliphatic hydroxyl groups excluding tert-OH is 1. The number of rotatable bonds is 4. The van der Waals surface area contributed by atoms with Crippen LogP contribution in [0.4, 0.5) is 0 Å². The van der Waals surface area contributed by atoms with Gasteiger partial charge in [-0.2, -0.15) is 4.31 Å². The number of esters is 1. The Morgan fingerprint density at radius 1 is 1.47 bits per heavy atom. The van der Waals surface area contributed by atoms with Gasteiger partial charge in [0.15, 0.2) is 5.75 Å². The molecule has 9 heteroatoms. The Bertz CT molecular complexity index is 418. The van der Waals surface area contributed by atoms with Gasteiger partial charge < -0.3 is 14.9 Å². The van der Waals surface area contributed by atoms with E-state index >= 15 is 0 Å². The molecule has 1 rings (SSSR count). The van der Waals surface area contributed by atoms with Crippen molar-refractivity contribution in [3.63, 3.8) is 0 Å². The summed E-state index contributed by atoms with van der Waals surface area (Å²) in [5.41, 5.74) is 0. The average molecular weight is 267 g/mol.